The van der Waals surface area contributed by atoms with E-state index in [0.29, 0.717) is 6.54 Å². The zero-order valence-electron chi connectivity index (χ0n) is 9.13. The van der Waals surface area contributed by atoms with Crippen LogP contribution in [0.25, 0.3) is 0 Å². The minimum Gasteiger partial charge on any atom is -0.399 e. The molecule has 2 rings (SSSR count). The van der Waals surface area contributed by atoms with Gasteiger partial charge in [-0.2, -0.15) is 0 Å². The maximum atomic E-state index is 12.2. The molecule has 0 saturated carbocycles. The predicted molar refractivity (Wildman–Crippen MR) is 62.0 cm³/mol. The largest absolute Gasteiger partial charge is 0.399 e. The predicted octanol–water partition coefficient (Wildman–Crippen LogP) is 2.68. The molecule has 0 saturated heterocycles. The number of nitrogen functional groups attached to an aromatic ring is 1. The van der Waals surface area contributed by atoms with Crippen molar-refractivity contribution in [1.29, 1.82) is 0 Å². The highest BCUT2D eigenvalue weighted by atomic mass is 19.3. The van der Waals surface area contributed by atoms with Gasteiger partial charge in [-0.15, -0.1) is 0 Å². The topological polar surface area (TPSA) is 29.3 Å². The molecule has 0 aliphatic carbocycles. The van der Waals surface area contributed by atoms with Crippen LogP contribution in [0.4, 0.5) is 20.2 Å². The molecule has 0 unspecified atom stereocenters. The molecular weight excluding hydrogens is 210 g/mol. The molecule has 0 aromatic heterocycles. The summed E-state index contributed by atoms with van der Waals surface area (Å²) in [4.78, 5) is 2.03. The van der Waals surface area contributed by atoms with Gasteiger partial charge in [0.1, 0.15) is 0 Å². The highest BCUT2D eigenvalue weighted by molar-refractivity contribution is 5.61. The molecule has 16 heavy (non-hydrogen) atoms. The van der Waals surface area contributed by atoms with Crippen molar-refractivity contribution >= 4 is 11.4 Å². The van der Waals surface area contributed by atoms with Gasteiger partial charge in [0.25, 0.3) is 0 Å². The summed E-state index contributed by atoms with van der Waals surface area (Å²) in [5.41, 5.74) is 8.71. The molecule has 88 valence electrons. The van der Waals surface area contributed by atoms with Crippen molar-refractivity contribution in [3.8, 4) is 0 Å². The summed E-state index contributed by atoms with van der Waals surface area (Å²) < 4.78 is 24.4. The van der Waals surface area contributed by atoms with Crippen LogP contribution in [0, 0.1) is 0 Å². The molecule has 2 N–H and O–H groups in total. The summed E-state index contributed by atoms with van der Waals surface area (Å²) in [6.07, 6.45) is -0.283. The van der Waals surface area contributed by atoms with Crippen LogP contribution < -0.4 is 10.6 Å². The average Bonchev–Trinajstić information content (AvgIpc) is 2.25. The van der Waals surface area contributed by atoms with E-state index in [1.54, 1.807) is 0 Å². The minimum atomic E-state index is -2.22. The quantitative estimate of drug-likeness (QED) is 0.803. The van der Waals surface area contributed by atoms with Crippen LogP contribution in [-0.4, -0.2) is 19.5 Å². The number of aryl methyl sites for hydroxylation is 1. The maximum absolute atomic E-state index is 12.2. The van der Waals surface area contributed by atoms with Gasteiger partial charge < -0.3 is 10.6 Å². The Kier molecular flexibility index (Phi) is 3.27. The standard InChI is InChI=1S/C12H16F2N2/c13-12(14)5-7-16-6-1-2-9-8-10(15)3-4-11(9)16/h3-4,8,12H,1-2,5-7,15H2. The van der Waals surface area contributed by atoms with Gasteiger partial charge in [0.05, 0.1) is 0 Å². The van der Waals surface area contributed by atoms with E-state index >= 15 is 0 Å². The lowest BCUT2D eigenvalue weighted by Gasteiger charge is -2.31. The van der Waals surface area contributed by atoms with Crippen molar-refractivity contribution < 1.29 is 8.78 Å². The lowest BCUT2D eigenvalue weighted by Crippen LogP contribution is -2.31. The number of halogens is 2. The van der Waals surface area contributed by atoms with E-state index in [9.17, 15) is 8.78 Å². The van der Waals surface area contributed by atoms with Crippen molar-refractivity contribution in [3.63, 3.8) is 0 Å². The second-order valence-electron chi connectivity index (χ2n) is 4.16. The molecule has 0 radical (unpaired) electrons. The molecule has 0 bridgehead atoms. The normalized spacial score (nSPS) is 15.3. The van der Waals surface area contributed by atoms with Gasteiger partial charge >= 0.3 is 0 Å². The van der Waals surface area contributed by atoms with Gasteiger partial charge in [0.15, 0.2) is 0 Å². The Bertz CT molecular complexity index is 366. The van der Waals surface area contributed by atoms with Crippen LogP contribution in [0.15, 0.2) is 18.2 Å². The average molecular weight is 226 g/mol. The van der Waals surface area contributed by atoms with Crippen LogP contribution in [0.2, 0.25) is 0 Å². The summed E-state index contributed by atoms with van der Waals surface area (Å²) in [5, 5.41) is 0. The molecule has 1 aliphatic rings. The smallest absolute Gasteiger partial charge is 0.240 e. The Balaban J connectivity index is 2.13. The van der Waals surface area contributed by atoms with Gasteiger partial charge in [0, 0.05) is 30.9 Å². The first-order valence-corrected chi connectivity index (χ1v) is 5.58. The molecule has 0 spiro atoms. The number of benzene rings is 1. The van der Waals surface area contributed by atoms with E-state index < -0.39 is 6.43 Å². The Morgan fingerprint density at radius 1 is 1.38 bits per heavy atom. The number of hydrogen-bond donors (Lipinski definition) is 1. The number of nitrogens with zero attached hydrogens (tertiary/aromatic N) is 1. The summed E-state index contributed by atoms with van der Waals surface area (Å²) in [6, 6.07) is 5.72. The highest BCUT2D eigenvalue weighted by Gasteiger charge is 2.17. The fourth-order valence-electron chi connectivity index (χ4n) is 2.18. The highest BCUT2D eigenvalue weighted by Crippen LogP contribution is 2.29. The first-order valence-electron chi connectivity index (χ1n) is 5.58. The molecule has 0 fully saturated rings. The van der Waals surface area contributed by atoms with Crippen LogP contribution in [-0.2, 0) is 6.42 Å². The molecule has 0 amide bonds. The van der Waals surface area contributed by atoms with E-state index in [2.05, 4.69) is 0 Å². The number of anilines is 2. The third-order valence-electron chi connectivity index (χ3n) is 2.94. The maximum Gasteiger partial charge on any atom is 0.240 e. The summed E-state index contributed by atoms with van der Waals surface area (Å²) in [6.45, 7) is 1.29. The van der Waals surface area contributed by atoms with E-state index in [-0.39, 0.29) is 6.42 Å². The number of rotatable bonds is 3. The Labute approximate surface area is 94.0 Å². The zero-order valence-corrected chi connectivity index (χ0v) is 9.13. The molecule has 1 heterocycles. The fourth-order valence-corrected chi connectivity index (χ4v) is 2.18. The van der Waals surface area contributed by atoms with Crippen molar-refractivity contribution in [1.82, 2.24) is 0 Å². The molecule has 2 nitrogen and oxygen atoms in total. The fraction of sp³-hybridized carbons (Fsp3) is 0.500. The van der Waals surface area contributed by atoms with Crippen LogP contribution in [0.5, 0.6) is 0 Å². The number of nitrogens with two attached hydrogens (primary N) is 1. The number of hydrogen-bond acceptors (Lipinski definition) is 2. The van der Waals surface area contributed by atoms with Crippen LogP contribution in [0.1, 0.15) is 18.4 Å². The number of alkyl halides is 2. The SMILES string of the molecule is Nc1ccc2c(c1)CCCN2CCC(F)F. The van der Waals surface area contributed by atoms with Crippen LogP contribution >= 0.6 is 0 Å². The third kappa shape index (κ3) is 2.43. The lowest BCUT2D eigenvalue weighted by molar-refractivity contribution is 0.139. The Morgan fingerprint density at radius 2 is 2.19 bits per heavy atom. The summed E-state index contributed by atoms with van der Waals surface area (Å²) in [5.74, 6) is 0. The van der Waals surface area contributed by atoms with Crippen molar-refractivity contribution in [2.24, 2.45) is 0 Å². The monoisotopic (exact) mass is 226 g/mol. The number of fused-ring (bicyclic) bond motifs is 1. The van der Waals surface area contributed by atoms with E-state index in [1.807, 2.05) is 23.1 Å². The van der Waals surface area contributed by atoms with Gasteiger partial charge in [-0.1, -0.05) is 0 Å². The minimum absolute atomic E-state index is 0.0657. The van der Waals surface area contributed by atoms with E-state index in [0.717, 1.165) is 30.8 Å². The van der Waals surface area contributed by atoms with Crippen LogP contribution in [0.3, 0.4) is 0 Å². The Hall–Kier alpha value is -1.32. The molecular formula is C12H16F2N2. The van der Waals surface area contributed by atoms with Gasteiger partial charge in [-0.3, -0.25) is 0 Å². The third-order valence-corrected chi connectivity index (χ3v) is 2.94. The molecule has 1 aromatic carbocycles. The summed E-state index contributed by atoms with van der Waals surface area (Å²) in [7, 11) is 0. The first kappa shape index (κ1) is 11.2. The second-order valence-corrected chi connectivity index (χ2v) is 4.16. The molecule has 1 aromatic rings. The second kappa shape index (κ2) is 4.68. The lowest BCUT2D eigenvalue weighted by atomic mass is 10.0. The van der Waals surface area contributed by atoms with Gasteiger partial charge in [-0.05, 0) is 36.6 Å². The van der Waals surface area contributed by atoms with E-state index in [4.69, 9.17) is 5.73 Å². The molecule has 1 aliphatic heterocycles. The zero-order chi connectivity index (χ0) is 11.5. The van der Waals surface area contributed by atoms with Gasteiger partial charge in [0.2, 0.25) is 6.43 Å². The molecule has 4 heteroatoms. The van der Waals surface area contributed by atoms with Crippen molar-refractivity contribution in [2.45, 2.75) is 25.7 Å². The summed E-state index contributed by atoms with van der Waals surface area (Å²) >= 11 is 0. The van der Waals surface area contributed by atoms with E-state index in [1.165, 1.54) is 5.56 Å². The van der Waals surface area contributed by atoms with Crippen molar-refractivity contribution in [2.75, 3.05) is 23.7 Å². The first-order chi connectivity index (χ1) is 7.66. The van der Waals surface area contributed by atoms with Crippen molar-refractivity contribution in [3.05, 3.63) is 23.8 Å². The van der Waals surface area contributed by atoms with Gasteiger partial charge in [-0.25, -0.2) is 8.78 Å². The Morgan fingerprint density at radius 3 is 2.94 bits per heavy atom. The molecule has 0 atom stereocenters.